The number of nitrogens with zero attached hydrogens (tertiary/aromatic N) is 3. The number of carbonyl (C=O) groups excluding carboxylic acids is 1. The molecular weight excluding hydrogens is 418 g/mol. The van der Waals surface area contributed by atoms with E-state index >= 15 is 0 Å². The molecule has 2 aromatic rings. The summed E-state index contributed by atoms with van der Waals surface area (Å²) in [6.45, 7) is 8.23. The van der Waals surface area contributed by atoms with Crippen molar-refractivity contribution in [2.24, 2.45) is 4.99 Å². The molecule has 0 radical (unpaired) electrons. The lowest BCUT2D eigenvalue weighted by atomic mass is 9.87. The van der Waals surface area contributed by atoms with Crippen molar-refractivity contribution in [2.45, 2.75) is 19.4 Å². The molecule has 0 aromatic heterocycles. The van der Waals surface area contributed by atoms with Crippen LogP contribution < -0.4 is 14.4 Å². The molecule has 0 bridgehead atoms. The van der Waals surface area contributed by atoms with Gasteiger partial charge in [0.15, 0.2) is 0 Å². The number of hydrogen-bond acceptors (Lipinski definition) is 6. The molecular formula is C26H29N3O4. The van der Waals surface area contributed by atoms with Crippen LogP contribution in [-0.4, -0.2) is 69.1 Å². The highest BCUT2D eigenvalue weighted by Gasteiger charge is 2.46. The summed E-state index contributed by atoms with van der Waals surface area (Å²) in [6.07, 6.45) is 2.21. The Kier molecular flexibility index (Phi) is 5.46. The van der Waals surface area contributed by atoms with Gasteiger partial charge in [0.05, 0.1) is 38.7 Å². The number of anilines is 1. The van der Waals surface area contributed by atoms with Gasteiger partial charge in [-0.2, -0.15) is 0 Å². The first-order valence-corrected chi connectivity index (χ1v) is 11.2. The van der Waals surface area contributed by atoms with Crippen molar-refractivity contribution in [1.29, 1.82) is 0 Å². The minimum atomic E-state index is -0.493. The fourth-order valence-corrected chi connectivity index (χ4v) is 4.91. The first kappa shape index (κ1) is 21.7. The zero-order valence-corrected chi connectivity index (χ0v) is 19.6. The van der Waals surface area contributed by atoms with Crippen LogP contribution in [0.5, 0.6) is 11.5 Å². The van der Waals surface area contributed by atoms with E-state index in [2.05, 4.69) is 24.8 Å². The summed E-state index contributed by atoms with van der Waals surface area (Å²) in [4.78, 5) is 22.8. The molecule has 3 heterocycles. The summed E-state index contributed by atoms with van der Waals surface area (Å²) in [5, 5.41) is 0. The number of rotatable bonds is 5. The molecule has 33 heavy (non-hydrogen) atoms. The van der Waals surface area contributed by atoms with Crippen LogP contribution in [0.2, 0.25) is 0 Å². The number of benzene rings is 2. The molecule has 2 aromatic carbocycles. The number of morpholine rings is 1. The molecule has 172 valence electrons. The van der Waals surface area contributed by atoms with Gasteiger partial charge in [-0.3, -0.25) is 14.6 Å². The summed E-state index contributed by atoms with van der Waals surface area (Å²) >= 11 is 0. The Morgan fingerprint density at radius 1 is 1.06 bits per heavy atom. The van der Waals surface area contributed by atoms with Gasteiger partial charge in [-0.05, 0) is 43.7 Å². The summed E-state index contributed by atoms with van der Waals surface area (Å²) < 4.78 is 16.6. The highest BCUT2D eigenvalue weighted by atomic mass is 16.5. The lowest BCUT2D eigenvalue weighted by molar-refractivity contribution is -0.112. The molecule has 1 fully saturated rings. The minimum Gasteiger partial charge on any atom is -0.497 e. The van der Waals surface area contributed by atoms with Crippen molar-refractivity contribution >= 4 is 28.6 Å². The Bertz CT molecular complexity index is 1160. The van der Waals surface area contributed by atoms with Gasteiger partial charge in [0.1, 0.15) is 22.9 Å². The zero-order chi connectivity index (χ0) is 23.2. The van der Waals surface area contributed by atoms with Crippen molar-refractivity contribution < 1.29 is 19.0 Å². The summed E-state index contributed by atoms with van der Waals surface area (Å²) in [6, 6.07) is 11.4. The molecule has 3 aliphatic heterocycles. The van der Waals surface area contributed by atoms with Crippen LogP contribution in [0.4, 0.5) is 11.4 Å². The molecule has 1 amide bonds. The second-order valence-corrected chi connectivity index (χ2v) is 9.06. The van der Waals surface area contributed by atoms with E-state index in [4.69, 9.17) is 19.2 Å². The maximum atomic E-state index is 13.8. The van der Waals surface area contributed by atoms with Gasteiger partial charge in [-0.25, -0.2) is 4.99 Å². The maximum absolute atomic E-state index is 13.8. The molecule has 0 N–H and O–H groups in total. The second-order valence-electron chi connectivity index (χ2n) is 9.06. The van der Waals surface area contributed by atoms with Gasteiger partial charge in [0, 0.05) is 30.8 Å². The third-order valence-electron chi connectivity index (χ3n) is 6.47. The molecule has 1 saturated heterocycles. The van der Waals surface area contributed by atoms with Crippen LogP contribution in [0.1, 0.15) is 25.0 Å². The van der Waals surface area contributed by atoms with Crippen LogP contribution in [0.3, 0.4) is 0 Å². The third kappa shape index (κ3) is 3.71. The number of hydrogen-bond donors (Lipinski definition) is 0. The Balaban J connectivity index is 1.67. The van der Waals surface area contributed by atoms with E-state index in [9.17, 15) is 4.79 Å². The van der Waals surface area contributed by atoms with Gasteiger partial charge in [0.25, 0.3) is 5.91 Å². The second kappa shape index (κ2) is 8.32. The zero-order valence-electron chi connectivity index (χ0n) is 19.6. The fourth-order valence-electron chi connectivity index (χ4n) is 4.91. The van der Waals surface area contributed by atoms with Crippen LogP contribution in [-0.2, 0) is 9.53 Å². The van der Waals surface area contributed by atoms with E-state index in [0.717, 1.165) is 49.7 Å². The van der Waals surface area contributed by atoms with E-state index in [1.54, 1.807) is 14.2 Å². The summed E-state index contributed by atoms with van der Waals surface area (Å²) in [5.41, 5.74) is 4.45. The highest BCUT2D eigenvalue weighted by molar-refractivity contribution is 6.55. The largest absolute Gasteiger partial charge is 0.497 e. The third-order valence-corrected chi connectivity index (χ3v) is 6.47. The Labute approximate surface area is 194 Å². The predicted octanol–water partition coefficient (Wildman–Crippen LogP) is 3.68. The Morgan fingerprint density at radius 2 is 1.79 bits per heavy atom. The molecule has 7 nitrogen and oxygen atoms in total. The molecule has 0 unspecified atom stereocenters. The lowest BCUT2D eigenvalue weighted by Gasteiger charge is -2.40. The molecule has 0 saturated carbocycles. The standard InChI is InChI=1S/C26H29N3O4/c1-26(2)15-17(16-28-9-11-33-12-10-28)19-13-18(31-3)14-20-23(25(30)29(26)24(19)20)27-21-7-5-6-8-22(21)32-4/h5-8,13-15H,9-12,16H2,1-4H3. The van der Waals surface area contributed by atoms with E-state index in [1.165, 1.54) is 5.57 Å². The first-order valence-electron chi connectivity index (χ1n) is 11.2. The van der Waals surface area contributed by atoms with E-state index in [0.29, 0.717) is 22.9 Å². The quantitative estimate of drug-likeness (QED) is 0.700. The minimum absolute atomic E-state index is 0.114. The predicted molar refractivity (Wildman–Crippen MR) is 129 cm³/mol. The fraction of sp³-hybridized carbons (Fsp3) is 0.385. The SMILES string of the molecule is COc1cc2c3c(c1)C(=Nc1ccccc1OC)C(=O)N3C(C)(C)C=C2CN1CCOCC1. The van der Waals surface area contributed by atoms with Gasteiger partial charge < -0.3 is 14.2 Å². The number of carbonyl (C=O) groups is 1. The number of amides is 1. The van der Waals surface area contributed by atoms with Crippen molar-refractivity contribution in [2.75, 3.05) is 52.0 Å². The molecule has 0 atom stereocenters. The van der Waals surface area contributed by atoms with E-state index < -0.39 is 5.54 Å². The topological polar surface area (TPSA) is 63.6 Å². The first-order chi connectivity index (χ1) is 15.9. The number of ether oxygens (including phenoxy) is 3. The van der Waals surface area contributed by atoms with Gasteiger partial charge in [-0.1, -0.05) is 18.2 Å². The van der Waals surface area contributed by atoms with Gasteiger partial charge in [-0.15, -0.1) is 0 Å². The average Bonchev–Trinajstić information content (AvgIpc) is 3.10. The summed E-state index contributed by atoms with van der Waals surface area (Å²) in [5.74, 6) is 1.22. The molecule has 7 heteroatoms. The van der Waals surface area contributed by atoms with Crippen LogP contribution in [0, 0.1) is 0 Å². The van der Waals surface area contributed by atoms with Crippen molar-refractivity contribution in [1.82, 2.24) is 4.90 Å². The van der Waals surface area contributed by atoms with E-state index in [-0.39, 0.29) is 5.91 Å². The van der Waals surface area contributed by atoms with Crippen molar-refractivity contribution in [3.63, 3.8) is 0 Å². The number of aliphatic imine (C=N–C) groups is 1. The van der Waals surface area contributed by atoms with Crippen molar-refractivity contribution in [3.05, 3.63) is 53.6 Å². The molecule has 0 aliphatic carbocycles. The average molecular weight is 448 g/mol. The molecule has 0 spiro atoms. The normalized spacial score (nSPS) is 20.6. The van der Waals surface area contributed by atoms with Crippen LogP contribution in [0.15, 0.2) is 47.5 Å². The summed E-state index contributed by atoms with van der Waals surface area (Å²) in [7, 11) is 3.26. The van der Waals surface area contributed by atoms with Gasteiger partial charge >= 0.3 is 0 Å². The highest BCUT2D eigenvalue weighted by Crippen LogP contribution is 2.48. The number of para-hydroxylation sites is 2. The monoisotopic (exact) mass is 447 g/mol. The number of methoxy groups -OCH3 is 2. The molecule has 3 aliphatic rings. The van der Waals surface area contributed by atoms with E-state index in [1.807, 2.05) is 41.3 Å². The van der Waals surface area contributed by atoms with Crippen molar-refractivity contribution in [3.8, 4) is 11.5 Å². The molecule has 5 rings (SSSR count). The Hall–Kier alpha value is -3.16. The van der Waals surface area contributed by atoms with Crippen LogP contribution >= 0.6 is 0 Å². The lowest BCUT2D eigenvalue weighted by Crippen LogP contribution is -2.48. The van der Waals surface area contributed by atoms with Gasteiger partial charge in [0.2, 0.25) is 0 Å². The smallest absolute Gasteiger partial charge is 0.278 e. The van der Waals surface area contributed by atoms with Crippen LogP contribution in [0.25, 0.3) is 5.57 Å². The maximum Gasteiger partial charge on any atom is 0.278 e. The Morgan fingerprint density at radius 3 is 2.52 bits per heavy atom.